The normalized spacial score (nSPS) is 12.8. The molecular formula is C10H16N2OS. The van der Waals surface area contributed by atoms with Gasteiger partial charge in [-0.1, -0.05) is 6.07 Å². The maximum atomic E-state index is 8.61. The molecule has 1 aromatic rings. The fourth-order valence-electron chi connectivity index (χ4n) is 0.988. The summed E-state index contributed by atoms with van der Waals surface area (Å²) >= 11 is 1.65. The second-order valence-electron chi connectivity index (χ2n) is 3.14. The van der Waals surface area contributed by atoms with E-state index in [1.807, 2.05) is 25.3 Å². The molecule has 3 nitrogen and oxygen atoms in total. The van der Waals surface area contributed by atoms with Crippen LogP contribution < -0.4 is 5.73 Å². The van der Waals surface area contributed by atoms with Crippen LogP contribution >= 0.6 is 11.8 Å². The molecule has 0 aromatic carbocycles. The lowest BCUT2D eigenvalue weighted by Gasteiger charge is -2.05. The third kappa shape index (κ3) is 3.65. The molecule has 4 heteroatoms. The van der Waals surface area contributed by atoms with Gasteiger partial charge in [0.2, 0.25) is 0 Å². The summed E-state index contributed by atoms with van der Waals surface area (Å²) in [7, 11) is 0. The van der Waals surface area contributed by atoms with Crippen molar-refractivity contribution in [2.24, 2.45) is 5.73 Å². The highest BCUT2D eigenvalue weighted by atomic mass is 32.2. The van der Waals surface area contributed by atoms with Crippen molar-refractivity contribution in [3.63, 3.8) is 0 Å². The van der Waals surface area contributed by atoms with Crippen LogP contribution in [0, 0.1) is 0 Å². The predicted molar refractivity (Wildman–Crippen MR) is 59.3 cm³/mol. The third-order valence-electron chi connectivity index (χ3n) is 1.84. The van der Waals surface area contributed by atoms with Crippen LogP contribution in [-0.2, 0) is 0 Å². The van der Waals surface area contributed by atoms with Crippen LogP contribution in [0.1, 0.15) is 24.9 Å². The maximum Gasteiger partial charge on any atom is 0.0960 e. The Bertz CT molecular complexity index is 261. The monoisotopic (exact) mass is 212 g/mol. The molecule has 1 rings (SSSR count). The van der Waals surface area contributed by atoms with E-state index in [0.29, 0.717) is 0 Å². The maximum absolute atomic E-state index is 8.61. The number of aliphatic hydroxyl groups excluding tert-OH is 1. The average Bonchev–Trinajstić information content (AvgIpc) is 2.19. The summed E-state index contributed by atoms with van der Waals surface area (Å²) in [6, 6.07) is 4.01. The standard InChI is InChI=1S/C10H16N2OS/c1-8(11)9-3-4-10(12-7-9)14-6-2-5-13/h3-4,7-8,13H,2,5-6,11H2,1H3/t8-/m0/s1. The van der Waals surface area contributed by atoms with Gasteiger partial charge in [-0.15, -0.1) is 11.8 Å². The highest BCUT2D eigenvalue weighted by Gasteiger charge is 2.00. The summed E-state index contributed by atoms with van der Waals surface area (Å²) in [6.45, 7) is 2.18. The Morgan fingerprint density at radius 2 is 2.36 bits per heavy atom. The molecular weight excluding hydrogens is 196 g/mol. The molecule has 0 amide bonds. The van der Waals surface area contributed by atoms with E-state index in [4.69, 9.17) is 10.8 Å². The van der Waals surface area contributed by atoms with E-state index in [-0.39, 0.29) is 12.6 Å². The zero-order valence-corrected chi connectivity index (χ0v) is 9.13. The van der Waals surface area contributed by atoms with Gasteiger partial charge in [-0.2, -0.15) is 0 Å². The largest absolute Gasteiger partial charge is 0.396 e. The fraction of sp³-hybridized carbons (Fsp3) is 0.500. The Kier molecular flexibility index (Phi) is 4.93. The second-order valence-corrected chi connectivity index (χ2v) is 4.26. The number of pyridine rings is 1. The molecule has 0 saturated heterocycles. The molecule has 1 atom stereocenters. The van der Waals surface area contributed by atoms with E-state index in [2.05, 4.69) is 4.98 Å². The lowest BCUT2D eigenvalue weighted by Crippen LogP contribution is -2.05. The molecule has 0 spiro atoms. The van der Waals surface area contributed by atoms with E-state index >= 15 is 0 Å². The smallest absolute Gasteiger partial charge is 0.0960 e. The summed E-state index contributed by atoms with van der Waals surface area (Å²) in [4.78, 5) is 4.27. The molecule has 78 valence electrons. The summed E-state index contributed by atoms with van der Waals surface area (Å²) in [5.74, 6) is 0.904. The molecule has 14 heavy (non-hydrogen) atoms. The van der Waals surface area contributed by atoms with E-state index < -0.39 is 0 Å². The molecule has 0 unspecified atom stereocenters. The minimum Gasteiger partial charge on any atom is -0.396 e. The Labute approximate surface area is 88.7 Å². The second kappa shape index (κ2) is 6.01. The minimum absolute atomic E-state index is 0.0407. The molecule has 0 aliphatic heterocycles. The minimum atomic E-state index is 0.0407. The molecule has 0 fully saturated rings. The number of aliphatic hydroxyl groups is 1. The van der Waals surface area contributed by atoms with Crippen LogP contribution in [0.3, 0.4) is 0 Å². The molecule has 1 aromatic heterocycles. The van der Waals surface area contributed by atoms with Crippen LogP contribution in [0.5, 0.6) is 0 Å². The zero-order valence-electron chi connectivity index (χ0n) is 8.31. The van der Waals surface area contributed by atoms with Crippen LogP contribution in [0.2, 0.25) is 0 Å². The van der Waals surface area contributed by atoms with Gasteiger partial charge in [-0.25, -0.2) is 4.98 Å². The first-order valence-corrected chi connectivity index (χ1v) is 5.68. The van der Waals surface area contributed by atoms with Crippen molar-refractivity contribution in [1.82, 2.24) is 4.98 Å². The summed E-state index contributed by atoms with van der Waals surface area (Å²) in [5.41, 5.74) is 6.76. The summed E-state index contributed by atoms with van der Waals surface area (Å²) in [6.07, 6.45) is 2.62. The van der Waals surface area contributed by atoms with Crippen LogP contribution in [-0.4, -0.2) is 22.5 Å². The topological polar surface area (TPSA) is 59.1 Å². The molecule has 0 aliphatic carbocycles. The van der Waals surface area contributed by atoms with E-state index in [1.54, 1.807) is 11.8 Å². The lowest BCUT2D eigenvalue weighted by molar-refractivity contribution is 0.296. The van der Waals surface area contributed by atoms with E-state index in [0.717, 1.165) is 22.8 Å². The predicted octanol–water partition coefficient (Wildman–Crippen LogP) is 1.58. The van der Waals surface area contributed by atoms with Crippen molar-refractivity contribution in [2.45, 2.75) is 24.4 Å². The lowest BCUT2D eigenvalue weighted by atomic mass is 10.2. The first-order chi connectivity index (χ1) is 6.74. The van der Waals surface area contributed by atoms with Crippen molar-refractivity contribution in [3.05, 3.63) is 23.9 Å². The zero-order chi connectivity index (χ0) is 10.4. The number of hydrogen-bond acceptors (Lipinski definition) is 4. The number of nitrogens with zero attached hydrogens (tertiary/aromatic N) is 1. The van der Waals surface area contributed by atoms with E-state index in [1.165, 1.54) is 0 Å². The fourth-order valence-corrected chi connectivity index (χ4v) is 1.76. The molecule has 1 heterocycles. The quantitative estimate of drug-likeness (QED) is 0.574. The van der Waals surface area contributed by atoms with Crippen molar-refractivity contribution in [1.29, 1.82) is 0 Å². The highest BCUT2D eigenvalue weighted by Crippen LogP contribution is 2.17. The van der Waals surface area contributed by atoms with Gasteiger partial charge in [0.05, 0.1) is 5.03 Å². The van der Waals surface area contributed by atoms with Crippen LogP contribution in [0.4, 0.5) is 0 Å². The number of aromatic nitrogens is 1. The Morgan fingerprint density at radius 1 is 1.57 bits per heavy atom. The van der Waals surface area contributed by atoms with Gasteiger partial charge < -0.3 is 10.8 Å². The van der Waals surface area contributed by atoms with Crippen molar-refractivity contribution in [3.8, 4) is 0 Å². The Hall–Kier alpha value is -0.580. The van der Waals surface area contributed by atoms with E-state index in [9.17, 15) is 0 Å². The molecule has 3 N–H and O–H groups in total. The number of hydrogen-bond donors (Lipinski definition) is 2. The van der Waals surface area contributed by atoms with Crippen molar-refractivity contribution in [2.75, 3.05) is 12.4 Å². The van der Waals surface area contributed by atoms with Gasteiger partial charge >= 0.3 is 0 Å². The van der Waals surface area contributed by atoms with Gasteiger partial charge in [0.25, 0.3) is 0 Å². The average molecular weight is 212 g/mol. The van der Waals surface area contributed by atoms with Gasteiger partial charge in [-0.05, 0) is 25.0 Å². The van der Waals surface area contributed by atoms with Gasteiger partial charge in [0, 0.05) is 24.6 Å². The highest BCUT2D eigenvalue weighted by molar-refractivity contribution is 7.99. The van der Waals surface area contributed by atoms with Gasteiger partial charge in [0.15, 0.2) is 0 Å². The van der Waals surface area contributed by atoms with Crippen LogP contribution in [0.25, 0.3) is 0 Å². The number of thioether (sulfide) groups is 1. The number of nitrogens with two attached hydrogens (primary N) is 1. The Balaban J connectivity index is 2.47. The summed E-state index contributed by atoms with van der Waals surface area (Å²) in [5, 5.41) is 9.60. The molecule has 0 aliphatic rings. The molecule has 0 saturated carbocycles. The van der Waals surface area contributed by atoms with Crippen LogP contribution in [0.15, 0.2) is 23.4 Å². The number of rotatable bonds is 5. The van der Waals surface area contributed by atoms with Crippen molar-refractivity contribution < 1.29 is 5.11 Å². The first-order valence-electron chi connectivity index (χ1n) is 4.69. The summed E-state index contributed by atoms with van der Waals surface area (Å²) < 4.78 is 0. The first kappa shape index (κ1) is 11.5. The Morgan fingerprint density at radius 3 is 2.86 bits per heavy atom. The SMILES string of the molecule is C[C@H](N)c1ccc(SCCCO)nc1. The molecule has 0 radical (unpaired) electrons. The van der Waals surface area contributed by atoms with Crippen molar-refractivity contribution >= 4 is 11.8 Å². The third-order valence-corrected chi connectivity index (χ3v) is 2.87. The van der Waals surface area contributed by atoms with Gasteiger partial charge in [-0.3, -0.25) is 0 Å². The van der Waals surface area contributed by atoms with Gasteiger partial charge in [0.1, 0.15) is 0 Å². The molecule has 0 bridgehead atoms.